The quantitative estimate of drug-likeness (QED) is 0.216. The van der Waals surface area contributed by atoms with Gasteiger partial charge in [-0.15, -0.1) is 0 Å². The molecule has 0 N–H and O–H groups in total. The van der Waals surface area contributed by atoms with Gasteiger partial charge in [0.1, 0.15) is 28.8 Å². The molecule has 42 heavy (non-hydrogen) atoms. The van der Waals surface area contributed by atoms with Gasteiger partial charge in [-0.1, -0.05) is 72.8 Å². The van der Waals surface area contributed by atoms with Gasteiger partial charge in [-0.3, -0.25) is 14.4 Å². The van der Waals surface area contributed by atoms with Crippen molar-refractivity contribution >= 4 is 29.1 Å². The molecule has 2 aliphatic heterocycles. The molecular formula is C35H26FNO5. The lowest BCUT2D eigenvalue weighted by molar-refractivity contribution is 0.0665. The van der Waals surface area contributed by atoms with Crippen molar-refractivity contribution in [2.75, 3.05) is 19.1 Å². The normalized spacial score (nSPS) is 21.2. The highest BCUT2D eigenvalue weighted by Gasteiger charge is 2.72. The first-order chi connectivity index (χ1) is 20.4. The number of nitrogens with zero attached hydrogens (tertiary/aromatic N) is 1. The number of Topliss-reactive ketones (excluding diaryl/α,β-unsaturated/α-hetero) is 3. The highest BCUT2D eigenvalue weighted by Crippen LogP contribution is 2.62. The van der Waals surface area contributed by atoms with E-state index in [0.29, 0.717) is 45.0 Å². The summed E-state index contributed by atoms with van der Waals surface area (Å²) in [5.41, 5.74) is 1.06. The second-order valence-electron chi connectivity index (χ2n) is 10.7. The fraction of sp³-hybridized carbons (Fsp3) is 0.171. The molecule has 1 fully saturated rings. The van der Waals surface area contributed by atoms with Gasteiger partial charge in [-0.25, -0.2) is 4.39 Å². The van der Waals surface area contributed by atoms with E-state index in [-0.39, 0.29) is 17.3 Å². The number of carbonyl (C=O) groups is 3. The predicted octanol–water partition coefficient (Wildman–Crippen LogP) is 6.16. The van der Waals surface area contributed by atoms with Crippen molar-refractivity contribution in [3.63, 3.8) is 0 Å². The van der Waals surface area contributed by atoms with Crippen LogP contribution in [-0.4, -0.2) is 43.7 Å². The first-order valence-electron chi connectivity index (χ1n) is 13.7. The molecule has 0 aromatic heterocycles. The van der Waals surface area contributed by atoms with Crippen LogP contribution in [0.25, 0.3) is 6.08 Å². The maximum atomic E-state index is 14.7. The summed E-state index contributed by atoms with van der Waals surface area (Å²) in [4.78, 5) is 46.0. The van der Waals surface area contributed by atoms with E-state index >= 15 is 0 Å². The lowest BCUT2D eigenvalue weighted by atomic mass is 9.64. The van der Waals surface area contributed by atoms with Crippen LogP contribution >= 0.6 is 0 Å². The Bertz CT molecular complexity index is 1780. The molecule has 0 radical (unpaired) electrons. The van der Waals surface area contributed by atoms with Gasteiger partial charge in [0.25, 0.3) is 0 Å². The number of methoxy groups -OCH3 is 2. The smallest absolute Gasteiger partial charge is 0.185 e. The average Bonchev–Trinajstić information content (AvgIpc) is 3.46. The Morgan fingerprint density at radius 1 is 0.833 bits per heavy atom. The number of hydrogen-bond acceptors (Lipinski definition) is 6. The minimum Gasteiger partial charge on any atom is -0.497 e. The average molecular weight is 560 g/mol. The molecule has 3 aliphatic rings. The zero-order valence-electron chi connectivity index (χ0n) is 22.9. The lowest BCUT2D eigenvalue weighted by Gasteiger charge is -2.37. The zero-order valence-corrected chi connectivity index (χ0v) is 22.9. The van der Waals surface area contributed by atoms with Gasteiger partial charge >= 0.3 is 0 Å². The van der Waals surface area contributed by atoms with E-state index in [1.807, 2.05) is 11.0 Å². The van der Waals surface area contributed by atoms with E-state index in [1.165, 1.54) is 26.4 Å². The molecule has 0 unspecified atom stereocenters. The van der Waals surface area contributed by atoms with Gasteiger partial charge in [-0.05, 0) is 24.3 Å². The van der Waals surface area contributed by atoms with Crippen molar-refractivity contribution < 1.29 is 28.2 Å². The number of fused-ring (bicyclic) bond motifs is 5. The van der Waals surface area contributed by atoms with Crippen LogP contribution in [0.2, 0.25) is 0 Å². The number of halogens is 1. The second-order valence-corrected chi connectivity index (χ2v) is 10.7. The summed E-state index contributed by atoms with van der Waals surface area (Å²) in [6.07, 6.45) is 3.51. The standard InChI is InChI=1S/C35H26FNO5/c1-41-23-14-15-26(28(19-23)42-2)30-31(32(38)20-8-4-3-5-9-20)37-27-16-13-22(36)18-21(27)12-17-29(37)35(30)33(39)24-10-6-7-11-25(24)34(35)40/h3-19,29-31H,1-2H3/t29-,30+,31+/m0/s1. The van der Waals surface area contributed by atoms with Gasteiger partial charge in [0.05, 0.1) is 20.3 Å². The SMILES string of the molecule is COc1ccc([C@@H]2[C@H](C(=O)c3ccccc3)N3c4ccc(F)cc4C=C[C@H]3C23C(=O)c2ccccc2C3=O)c(OC)c1. The summed E-state index contributed by atoms with van der Waals surface area (Å²) in [5.74, 6) is -1.42. The zero-order chi connectivity index (χ0) is 29.2. The van der Waals surface area contributed by atoms with Crippen LogP contribution in [0.3, 0.4) is 0 Å². The van der Waals surface area contributed by atoms with Crippen molar-refractivity contribution in [2.45, 2.75) is 18.0 Å². The Labute approximate surface area is 242 Å². The van der Waals surface area contributed by atoms with Crippen molar-refractivity contribution in [2.24, 2.45) is 5.41 Å². The minimum absolute atomic E-state index is 0.262. The number of ether oxygens (including phenoxy) is 2. The number of anilines is 1. The van der Waals surface area contributed by atoms with E-state index in [1.54, 1.807) is 84.9 Å². The van der Waals surface area contributed by atoms with Crippen molar-refractivity contribution in [1.82, 2.24) is 0 Å². The Balaban J connectivity index is 1.57. The Hall–Kier alpha value is -5.04. The Morgan fingerprint density at radius 2 is 1.52 bits per heavy atom. The molecule has 3 atom stereocenters. The van der Waals surface area contributed by atoms with E-state index in [9.17, 15) is 18.8 Å². The molecule has 6 nitrogen and oxygen atoms in total. The van der Waals surface area contributed by atoms with Crippen LogP contribution in [0.4, 0.5) is 10.1 Å². The third kappa shape index (κ3) is 3.40. The van der Waals surface area contributed by atoms with Crippen LogP contribution in [0, 0.1) is 11.2 Å². The van der Waals surface area contributed by atoms with Crippen LogP contribution in [0.15, 0.2) is 97.1 Å². The number of ketones is 3. The monoisotopic (exact) mass is 559 g/mol. The van der Waals surface area contributed by atoms with E-state index in [0.717, 1.165) is 0 Å². The molecular weight excluding hydrogens is 533 g/mol. The number of rotatable bonds is 5. The third-order valence-corrected chi connectivity index (χ3v) is 8.87. The summed E-state index contributed by atoms with van der Waals surface area (Å²) >= 11 is 0. The maximum absolute atomic E-state index is 14.7. The molecule has 7 rings (SSSR count). The fourth-order valence-corrected chi connectivity index (χ4v) is 7.14. The summed E-state index contributed by atoms with van der Waals surface area (Å²) < 4.78 is 25.7. The summed E-state index contributed by atoms with van der Waals surface area (Å²) in [6.45, 7) is 0. The summed E-state index contributed by atoms with van der Waals surface area (Å²) in [5, 5.41) is 0. The molecule has 1 saturated heterocycles. The molecule has 0 saturated carbocycles. The summed E-state index contributed by atoms with van der Waals surface area (Å²) in [6, 6.07) is 23.4. The van der Waals surface area contributed by atoms with Crippen LogP contribution in [-0.2, 0) is 0 Å². The molecule has 7 heteroatoms. The van der Waals surface area contributed by atoms with Gasteiger partial charge in [-0.2, -0.15) is 0 Å². The molecule has 2 heterocycles. The van der Waals surface area contributed by atoms with Gasteiger partial charge in [0, 0.05) is 45.5 Å². The van der Waals surface area contributed by atoms with Crippen LogP contribution in [0.1, 0.15) is 48.1 Å². The predicted molar refractivity (Wildman–Crippen MR) is 156 cm³/mol. The first-order valence-corrected chi connectivity index (χ1v) is 13.7. The van der Waals surface area contributed by atoms with Crippen LogP contribution < -0.4 is 14.4 Å². The van der Waals surface area contributed by atoms with Crippen molar-refractivity contribution in [3.05, 3.63) is 131 Å². The highest BCUT2D eigenvalue weighted by atomic mass is 19.1. The Morgan fingerprint density at radius 3 is 2.19 bits per heavy atom. The number of carbonyl (C=O) groups excluding carboxylic acids is 3. The van der Waals surface area contributed by atoms with Crippen molar-refractivity contribution in [3.8, 4) is 11.5 Å². The largest absolute Gasteiger partial charge is 0.497 e. The molecule has 1 aliphatic carbocycles. The molecule has 4 aromatic rings. The van der Waals surface area contributed by atoms with Gasteiger partial charge < -0.3 is 14.4 Å². The number of benzene rings is 4. The number of hydrogen-bond donors (Lipinski definition) is 0. The lowest BCUT2D eigenvalue weighted by Crippen LogP contribution is -2.48. The summed E-state index contributed by atoms with van der Waals surface area (Å²) in [7, 11) is 3.04. The maximum Gasteiger partial charge on any atom is 0.185 e. The molecule has 0 bridgehead atoms. The fourth-order valence-electron chi connectivity index (χ4n) is 7.14. The first kappa shape index (κ1) is 25.9. The van der Waals surface area contributed by atoms with E-state index < -0.39 is 29.2 Å². The third-order valence-electron chi connectivity index (χ3n) is 8.87. The second kappa shape index (κ2) is 9.52. The van der Waals surface area contributed by atoms with Gasteiger partial charge in [0.2, 0.25) is 0 Å². The molecule has 0 amide bonds. The molecule has 1 spiro atoms. The topological polar surface area (TPSA) is 72.9 Å². The molecule has 4 aromatic carbocycles. The molecule has 208 valence electrons. The highest BCUT2D eigenvalue weighted by molar-refractivity contribution is 6.32. The van der Waals surface area contributed by atoms with E-state index in [2.05, 4.69) is 0 Å². The van der Waals surface area contributed by atoms with Crippen molar-refractivity contribution in [1.29, 1.82) is 0 Å². The van der Waals surface area contributed by atoms with E-state index in [4.69, 9.17) is 9.47 Å². The van der Waals surface area contributed by atoms with Crippen LogP contribution in [0.5, 0.6) is 11.5 Å². The Kier molecular flexibility index (Phi) is 5.87. The minimum atomic E-state index is -1.69. The van der Waals surface area contributed by atoms with Gasteiger partial charge in [0.15, 0.2) is 17.3 Å².